The van der Waals surface area contributed by atoms with Gasteiger partial charge in [-0.25, -0.2) is 4.72 Å². The highest BCUT2D eigenvalue weighted by atomic mass is 32.2. The second kappa shape index (κ2) is 11.5. The second-order valence-electron chi connectivity index (χ2n) is 4.03. The summed E-state index contributed by atoms with van der Waals surface area (Å²) >= 11 is -2.11. The fourth-order valence-electron chi connectivity index (χ4n) is 1.56. The highest BCUT2D eigenvalue weighted by Crippen LogP contribution is 2.00. The molecular formula is C11H25N2O2S-. The third-order valence-corrected chi connectivity index (χ3v) is 2.97. The van der Waals surface area contributed by atoms with Crippen molar-refractivity contribution in [3.05, 3.63) is 0 Å². The Morgan fingerprint density at radius 3 is 2.00 bits per heavy atom. The first-order valence-corrected chi connectivity index (χ1v) is 7.33. The van der Waals surface area contributed by atoms with Crippen molar-refractivity contribution in [3.8, 4) is 0 Å². The fourth-order valence-corrected chi connectivity index (χ4v) is 1.87. The zero-order valence-electron chi connectivity index (χ0n) is 10.5. The van der Waals surface area contributed by atoms with E-state index in [2.05, 4.69) is 23.5 Å². The second-order valence-corrected chi connectivity index (χ2v) is 4.79. The van der Waals surface area contributed by atoms with Gasteiger partial charge in [0.05, 0.1) is 0 Å². The molecule has 0 aliphatic carbocycles. The van der Waals surface area contributed by atoms with Crippen molar-refractivity contribution in [2.75, 3.05) is 26.2 Å². The van der Waals surface area contributed by atoms with Gasteiger partial charge in [-0.05, 0) is 38.9 Å². The van der Waals surface area contributed by atoms with Crippen molar-refractivity contribution in [1.82, 2.24) is 9.62 Å². The quantitative estimate of drug-likeness (QED) is 0.447. The Morgan fingerprint density at radius 1 is 1.06 bits per heavy atom. The standard InChI is InChI=1S/C11H26N2O2S/c1-3-5-9-13(10-6-4-2)11-7-8-12-16(14)15/h12H,3-11H2,1-2H3,(H,14,15)/p-1. The van der Waals surface area contributed by atoms with Crippen LogP contribution in [-0.2, 0) is 11.3 Å². The summed E-state index contributed by atoms with van der Waals surface area (Å²) in [5.74, 6) is 0. The normalized spacial score (nSPS) is 13.2. The van der Waals surface area contributed by atoms with Gasteiger partial charge in [-0.15, -0.1) is 0 Å². The molecule has 0 saturated heterocycles. The molecule has 0 aromatic heterocycles. The predicted octanol–water partition coefficient (Wildman–Crippen LogP) is 1.66. The monoisotopic (exact) mass is 249 g/mol. The van der Waals surface area contributed by atoms with Crippen LogP contribution in [0.4, 0.5) is 0 Å². The molecule has 0 saturated carbocycles. The van der Waals surface area contributed by atoms with Crippen LogP contribution in [0, 0.1) is 0 Å². The van der Waals surface area contributed by atoms with Gasteiger partial charge in [0, 0.05) is 17.8 Å². The maximum atomic E-state index is 10.3. The first kappa shape index (κ1) is 16.0. The van der Waals surface area contributed by atoms with Gasteiger partial charge in [-0.3, -0.25) is 4.21 Å². The van der Waals surface area contributed by atoms with E-state index in [0.717, 1.165) is 26.1 Å². The smallest absolute Gasteiger partial charge is 0.0181 e. The molecule has 0 aromatic rings. The van der Waals surface area contributed by atoms with Crippen LogP contribution in [0.1, 0.15) is 46.0 Å². The Hall–Kier alpha value is 0.0300. The van der Waals surface area contributed by atoms with Gasteiger partial charge in [0.1, 0.15) is 0 Å². The van der Waals surface area contributed by atoms with E-state index >= 15 is 0 Å². The lowest BCUT2D eigenvalue weighted by atomic mass is 10.2. The highest BCUT2D eigenvalue weighted by molar-refractivity contribution is 7.77. The minimum Gasteiger partial charge on any atom is -0.760 e. The molecule has 98 valence electrons. The SMILES string of the molecule is CCCCN(CCCC)CCCNS(=O)[O-]. The number of hydrogen-bond donors (Lipinski definition) is 1. The molecule has 1 atom stereocenters. The predicted molar refractivity (Wildman–Crippen MR) is 67.8 cm³/mol. The number of unbranched alkanes of at least 4 members (excludes halogenated alkanes) is 2. The van der Waals surface area contributed by atoms with E-state index in [0.29, 0.717) is 6.54 Å². The number of rotatable bonds is 11. The largest absolute Gasteiger partial charge is 0.760 e. The molecular weight excluding hydrogens is 224 g/mol. The van der Waals surface area contributed by atoms with E-state index in [9.17, 15) is 8.76 Å². The van der Waals surface area contributed by atoms with E-state index in [1.807, 2.05) is 0 Å². The van der Waals surface area contributed by atoms with Crippen molar-refractivity contribution in [3.63, 3.8) is 0 Å². The van der Waals surface area contributed by atoms with Crippen molar-refractivity contribution in [1.29, 1.82) is 0 Å². The molecule has 0 aliphatic rings. The maximum Gasteiger partial charge on any atom is 0.0181 e. The Kier molecular flexibility index (Phi) is 11.5. The van der Waals surface area contributed by atoms with E-state index in [4.69, 9.17) is 0 Å². The molecule has 4 nitrogen and oxygen atoms in total. The summed E-state index contributed by atoms with van der Waals surface area (Å²) in [4.78, 5) is 2.43. The molecule has 0 bridgehead atoms. The first-order chi connectivity index (χ1) is 7.70. The van der Waals surface area contributed by atoms with Gasteiger partial charge < -0.3 is 9.45 Å². The molecule has 0 radical (unpaired) electrons. The van der Waals surface area contributed by atoms with Crippen LogP contribution in [0.3, 0.4) is 0 Å². The van der Waals surface area contributed by atoms with Gasteiger partial charge in [-0.2, -0.15) is 0 Å². The molecule has 0 aliphatic heterocycles. The minimum atomic E-state index is -2.11. The fraction of sp³-hybridized carbons (Fsp3) is 1.00. The Morgan fingerprint density at radius 2 is 1.56 bits per heavy atom. The molecule has 1 unspecified atom stereocenters. The lowest BCUT2D eigenvalue weighted by molar-refractivity contribution is 0.262. The maximum absolute atomic E-state index is 10.3. The number of nitrogens with zero attached hydrogens (tertiary/aromatic N) is 1. The van der Waals surface area contributed by atoms with E-state index < -0.39 is 11.3 Å². The van der Waals surface area contributed by atoms with Crippen molar-refractivity contribution < 1.29 is 8.76 Å². The summed E-state index contributed by atoms with van der Waals surface area (Å²) in [7, 11) is 0. The molecule has 0 amide bonds. The van der Waals surface area contributed by atoms with E-state index in [1.54, 1.807) is 0 Å². The average molecular weight is 249 g/mol. The van der Waals surface area contributed by atoms with Gasteiger partial charge in [0.2, 0.25) is 0 Å². The van der Waals surface area contributed by atoms with Crippen LogP contribution in [0.5, 0.6) is 0 Å². The minimum absolute atomic E-state index is 0.546. The zero-order chi connectivity index (χ0) is 12.2. The molecule has 0 spiro atoms. The van der Waals surface area contributed by atoms with Crippen LogP contribution in [0.2, 0.25) is 0 Å². The summed E-state index contributed by atoms with van der Waals surface area (Å²) in [6.45, 7) is 8.20. The van der Waals surface area contributed by atoms with Crippen LogP contribution < -0.4 is 4.72 Å². The lowest BCUT2D eigenvalue weighted by Gasteiger charge is -2.22. The molecule has 1 N–H and O–H groups in total. The molecule has 0 aromatic carbocycles. The Labute approximate surface area is 102 Å². The topological polar surface area (TPSA) is 55.4 Å². The van der Waals surface area contributed by atoms with Gasteiger partial charge in [-0.1, -0.05) is 26.7 Å². The molecule has 5 heteroatoms. The Balaban J connectivity index is 3.59. The van der Waals surface area contributed by atoms with E-state index in [1.165, 1.54) is 25.7 Å². The van der Waals surface area contributed by atoms with Crippen molar-refractivity contribution in [2.45, 2.75) is 46.0 Å². The summed E-state index contributed by atoms with van der Waals surface area (Å²) in [6.07, 6.45) is 5.77. The third kappa shape index (κ3) is 10.5. The van der Waals surface area contributed by atoms with Crippen LogP contribution >= 0.6 is 0 Å². The number of hydrogen-bond acceptors (Lipinski definition) is 3. The average Bonchev–Trinajstić information content (AvgIpc) is 2.26. The summed E-state index contributed by atoms with van der Waals surface area (Å²) < 4.78 is 22.9. The zero-order valence-corrected chi connectivity index (χ0v) is 11.4. The molecule has 16 heavy (non-hydrogen) atoms. The molecule has 0 fully saturated rings. The van der Waals surface area contributed by atoms with Crippen LogP contribution in [0.15, 0.2) is 0 Å². The van der Waals surface area contributed by atoms with Gasteiger partial charge >= 0.3 is 0 Å². The highest BCUT2D eigenvalue weighted by Gasteiger charge is 2.02. The van der Waals surface area contributed by atoms with Crippen LogP contribution in [0.25, 0.3) is 0 Å². The Bertz CT molecular complexity index is 171. The summed E-state index contributed by atoms with van der Waals surface area (Å²) in [5.41, 5.74) is 0. The number of nitrogens with one attached hydrogen (secondary N) is 1. The lowest BCUT2D eigenvalue weighted by Crippen LogP contribution is -2.29. The molecule has 0 heterocycles. The van der Waals surface area contributed by atoms with Gasteiger partial charge in [0.25, 0.3) is 0 Å². The summed E-state index contributed by atoms with van der Waals surface area (Å²) in [6, 6.07) is 0. The van der Waals surface area contributed by atoms with Crippen molar-refractivity contribution in [2.24, 2.45) is 0 Å². The van der Waals surface area contributed by atoms with Gasteiger partial charge in [0.15, 0.2) is 0 Å². The third-order valence-electron chi connectivity index (χ3n) is 2.53. The first-order valence-electron chi connectivity index (χ1n) is 6.25. The summed E-state index contributed by atoms with van der Waals surface area (Å²) in [5, 5.41) is 0. The van der Waals surface area contributed by atoms with E-state index in [-0.39, 0.29) is 0 Å². The molecule has 0 rings (SSSR count). The van der Waals surface area contributed by atoms with Crippen molar-refractivity contribution >= 4 is 11.3 Å². The van der Waals surface area contributed by atoms with Crippen LogP contribution in [-0.4, -0.2) is 39.8 Å².